The SMILES string of the molecule is Cc1cc(OCn2ccc(C(=O)Nc3ccn(Cc4cccc(Cl)c4)n3)n2)ccc1Cl. The number of rotatable bonds is 7. The van der Waals surface area contributed by atoms with Crippen LogP contribution in [0.2, 0.25) is 10.0 Å². The number of carbonyl (C=O) groups excluding carboxylic acids is 1. The highest BCUT2D eigenvalue weighted by Crippen LogP contribution is 2.21. The summed E-state index contributed by atoms with van der Waals surface area (Å²) in [4.78, 5) is 12.5. The Morgan fingerprint density at radius 2 is 1.87 bits per heavy atom. The molecule has 0 radical (unpaired) electrons. The van der Waals surface area contributed by atoms with Gasteiger partial charge in [0, 0.05) is 28.5 Å². The number of halogens is 2. The van der Waals surface area contributed by atoms with E-state index in [-0.39, 0.29) is 18.3 Å². The molecule has 9 heteroatoms. The van der Waals surface area contributed by atoms with Gasteiger partial charge in [0.15, 0.2) is 18.2 Å². The number of hydrogen-bond acceptors (Lipinski definition) is 4. The topological polar surface area (TPSA) is 74.0 Å². The second kappa shape index (κ2) is 9.24. The molecule has 0 spiro atoms. The molecule has 2 aromatic carbocycles. The summed E-state index contributed by atoms with van der Waals surface area (Å²) in [5.41, 5.74) is 2.21. The largest absolute Gasteiger partial charge is 0.471 e. The molecule has 4 aromatic rings. The molecule has 31 heavy (non-hydrogen) atoms. The first-order valence-corrected chi connectivity index (χ1v) is 10.2. The first-order valence-electron chi connectivity index (χ1n) is 9.48. The molecular weight excluding hydrogens is 437 g/mol. The molecule has 0 aliphatic rings. The highest BCUT2D eigenvalue weighted by molar-refractivity contribution is 6.31. The maximum Gasteiger partial charge on any atom is 0.277 e. The van der Waals surface area contributed by atoms with Gasteiger partial charge >= 0.3 is 0 Å². The van der Waals surface area contributed by atoms with Crippen LogP contribution in [0.25, 0.3) is 0 Å². The van der Waals surface area contributed by atoms with E-state index in [1.807, 2.05) is 37.3 Å². The Morgan fingerprint density at radius 3 is 2.68 bits per heavy atom. The number of amides is 1. The van der Waals surface area contributed by atoms with Crippen molar-refractivity contribution in [3.63, 3.8) is 0 Å². The Morgan fingerprint density at radius 1 is 1.03 bits per heavy atom. The minimum Gasteiger partial charge on any atom is -0.471 e. The molecule has 4 rings (SSSR count). The van der Waals surface area contributed by atoms with Gasteiger partial charge < -0.3 is 10.1 Å². The summed E-state index contributed by atoms with van der Waals surface area (Å²) in [7, 11) is 0. The average molecular weight is 456 g/mol. The van der Waals surface area contributed by atoms with Crippen molar-refractivity contribution in [3.05, 3.63) is 93.9 Å². The standard InChI is InChI=1S/C22H19Cl2N5O2/c1-15-11-18(5-6-19(15)24)31-14-29-9-7-20(26-29)22(30)25-21-8-10-28(27-21)13-16-3-2-4-17(23)12-16/h2-12H,13-14H2,1H3,(H,25,27,30). The predicted molar refractivity (Wildman–Crippen MR) is 120 cm³/mol. The lowest BCUT2D eigenvalue weighted by Gasteiger charge is -2.07. The van der Waals surface area contributed by atoms with Crippen LogP contribution >= 0.6 is 23.2 Å². The quantitative estimate of drug-likeness (QED) is 0.423. The molecule has 1 amide bonds. The zero-order chi connectivity index (χ0) is 21.8. The van der Waals surface area contributed by atoms with Gasteiger partial charge in [0.1, 0.15) is 5.75 Å². The van der Waals surface area contributed by atoms with Gasteiger partial charge in [0.05, 0.1) is 6.54 Å². The van der Waals surface area contributed by atoms with Crippen molar-refractivity contribution >= 4 is 34.9 Å². The second-order valence-corrected chi connectivity index (χ2v) is 7.75. The van der Waals surface area contributed by atoms with Crippen molar-refractivity contribution in [2.24, 2.45) is 0 Å². The third-order valence-corrected chi connectivity index (χ3v) is 5.14. The fourth-order valence-corrected chi connectivity index (χ4v) is 3.25. The smallest absolute Gasteiger partial charge is 0.277 e. The van der Waals surface area contributed by atoms with E-state index in [1.165, 1.54) is 4.68 Å². The maximum atomic E-state index is 12.5. The van der Waals surface area contributed by atoms with Gasteiger partial charge in [0.2, 0.25) is 0 Å². The van der Waals surface area contributed by atoms with Crippen LogP contribution in [-0.2, 0) is 13.3 Å². The second-order valence-electron chi connectivity index (χ2n) is 6.91. The van der Waals surface area contributed by atoms with Crippen molar-refractivity contribution < 1.29 is 9.53 Å². The van der Waals surface area contributed by atoms with E-state index in [9.17, 15) is 4.79 Å². The fraction of sp³-hybridized carbons (Fsp3) is 0.136. The highest BCUT2D eigenvalue weighted by atomic mass is 35.5. The number of anilines is 1. The van der Waals surface area contributed by atoms with Crippen molar-refractivity contribution in [1.82, 2.24) is 19.6 Å². The molecule has 0 aliphatic carbocycles. The summed E-state index contributed by atoms with van der Waals surface area (Å²) in [6.07, 6.45) is 3.46. The average Bonchev–Trinajstić information content (AvgIpc) is 3.38. The van der Waals surface area contributed by atoms with Crippen LogP contribution in [0.1, 0.15) is 21.6 Å². The van der Waals surface area contributed by atoms with E-state index in [1.54, 1.807) is 41.3 Å². The van der Waals surface area contributed by atoms with Crippen LogP contribution in [0.3, 0.4) is 0 Å². The summed E-state index contributed by atoms with van der Waals surface area (Å²) in [5, 5.41) is 12.7. The minimum atomic E-state index is -0.353. The van der Waals surface area contributed by atoms with E-state index in [2.05, 4.69) is 15.5 Å². The highest BCUT2D eigenvalue weighted by Gasteiger charge is 2.12. The number of ether oxygens (including phenoxy) is 1. The van der Waals surface area contributed by atoms with E-state index in [0.29, 0.717) is 28.2 Å². The molecule has 0 atom stereocenters. The first kappa shape index (κ1) is 21.0. The van der Waals surface area contributed by atoms with Crippen LogP contribution < -0.4 is 10.1 Å². The third-order valence-electron chi connectivity index (χ3n) is 4.48. The molecule has 0 saturated carbocycles. The lowest BCUT2D eigenvalue weighted by atomic mass is 10.2. The number of aryl methyl sites for hydroxylation is 1. The molecule has 2 heterocycles. The molecule has 0 unspecified atom stereocenters. The zero-order valence-electron chi connectivity index (χ0n) is 16.6. The Hall–Kier alpha value is -3.29. The van der Waals surface area contributed by atoms with Crippen molar-refractivity contribution in [3.8, 4) is 5.75 Å². The Balaban J connectivity index is 1.33. The Labute approximate surface area is 189 Å². The monoisotopic (exact) mass is 455 g/mol. The maximum absolute atomic E-state index is 12.5. The summed E-state index contributed by atoms with van der Waals surface area (Å²) >= 11 is 12.0. The number of nitrogens with zero attached hydrogens (tertiary/aromatic N) is 4. The van der Waals surface area contributed by atoms with Gasteiger partial charge in [-0.2, -0.15) is 10.2 Å². The molecule has 7 nitrogen and oxygen atoms in total. The third kappa shape index (κ3) is 5.45. The van der Waals surface area contributed by atoms with Crippen LogP contribution in [0.4, 0.5) is 5.82 Å². The summed E-state index contributed by atoms with van der Waals surface area (Å²) in [6.45, 7) is 2.62. The summed E-state index contributed by atoms with van der Waals surface area (Å²) < 4.78 is 8.95. The predicted octanol–water partition coefficient (Wildman–Crippen LogP) is 5.03. The number of nitrogens with one attached hydrogen (secondary N) is 1. The number of carbonyl (C=O) groups is 1. The molecule has 0 saturated heterocycles. The summed E-state index contributed by atoms with van der Waals surface area (Å²) in [6, 6.07) is 16.3. The lowest BCUT2D eigenvalue weighted by molar-refractivity contribution is 0.101. The number of hydrogen-bond donors (Lipinski definition) is 1. The van der Waals surface area contributed by atoms with Crippen LogP contribution in [0, 0.1) is 6.92 Å². The van der Waals surface area contributed by atoms with E-state index >= 15 is 0 Å². The zero-order valence-corrected chi connectivity index (χ0v) is 18.1. The Bertz CT molecular complexity index is 1220. The molecule has 1 N–H and O–H groups in total. The fourth-order valence-electron chi connectivity index (χ4n) is 2.92. The van der Waals surface area contributed by atoms with E-state index in [0.717, 1.165) is 11.1 Å². The number of benzene rings is 2. The van der Waals surface area contributed by atoms with Crippen LogP contribution in [0.5, 0.6) is 5.75 Å². The summed E-state index contributed by atoms with van der Waals surface area (Å²) in [5.74, 6) is 0.761. The lowest BCUT2D eigenvalue weighted by Crippen LogP contribution is -2.15. The van der Waals surface area contributed by atoms with Gasteiger partial charge in [-0.05, 0) is 54.4 Å². The number of aromatic nitrogens is 4. The molecule has 0 aliphatic heterocycles. The molecule has 158 valence electrons. The van der Waals surface area contributed by atoms with E-state index < -0.39 is 0 Å². The molecule has 0 fully saturated rings. The van der Waals surface area contributed by atoms with Gasteiger partial charge in [-0.3, -0.25) is 9.48 Å². The minimum absolute atomic E-state index is 0.169. The Kier molecular flexibility index (Phi) is 6.25. The van der Waals surface area contributed by atoms with Gasteiger partial charge in [0.25, 0.3) is 5.91 Å². The normalized spacial score (nSPS) is 10.8. The molecule has 0 bridgehead atoms. The van der Waals surface area contributed by atoms with Crippen LogP contribution in [-0.4, -0.2) is 25.5 Å². The van der Waals surface area contributed by atoms with Crippen molar-refractivity contribution in [2.75, 3.05) is 5.32 Å². The first-order chi connectivity index (χ1) is 15.0. The molecular formula is C22H19Cl2N5O2. The van der Waals surface area contributed by atoms with Gasteiger partial charge in [-0.25, -0.2) is 4.68 Å². The van der Waals surface area contributed by atoms with Gasteiger partial charge in [-0.1, -0.05) is 35.3 Å². The van der Waals surface area contributed by atoms with Crippen LogP contribution in [0.15, 0.2) is 67.0 Å². The van der Waals surface area contributed by atoms with Crippen molar-refractivity contribution in [2.45, 2.75) is 20.2 Å². The molecule has 2 aromatic heterocycles. The van der Waals surface area contributed by atoms with E-state index in [4.69, 9.17) is 27.9 Å². The van der Waals surface area contributed by atoms with Crippen molar-refractivity contribution in [1.29, 1.82) is 0 Å². The van der Waals surface area contributed by atoms with Gasteiger partial charge in [-0.15, -0.1) is 0 Å².